The van der Waals surface area contributed by atoms with Crippen LogP contribution < -0.4 is 4.74 Å². The van der Waals surface area contributed by atoms with Crippen molar-refractivity contribution in [1.82, 2.24) is 4.90 Å². The van der Waals surface area contributed by atoms with Crippen molar-refractivity contribution >= 4 is 18.6 Å². The molecular weight excluding hydrogens is 338 g/mol. The standard InChI is InChI=1S/C20H31NO3.ClH/c1-15(2)14-23-20(22)24-18-10-7-9-16(12-18)19-11-6-5-8-17(19)13-21(3)4;/h7,9-10,12,15,17,19H,5-6,8,11,13-14H2,1-4H3;1H/t17-,19+;/m1./s1. The van der Waals surface area contributed by atoms with E-state index in [4.69, 9.17) is 9.47 Å². The predicted molar refractivity (Wildman–Crippen MR) is 104 cm³/mol. The average molecular weight is 370 g/mol. The molecule has 0 heterocycles. The second kappa shape index (κ2) is 10.7. The molecular formula is C20H32ClNO3. The first kappa shape index (κ1) is 21.8. The molecule has 1 aromatic rings. The molecule has 0 unspecified atom stereocenters. The van der Waals surface area contributed by atoms with Gasteiger partial charge in [0.05, 0.1) is 6.61 Å². The normalized spacial score (nSPS) is 20.2. The third kappa shape index (κ3) is 7.25. The van der Waals surface area contributed by atoms with Crippen LogP contribution in [0.15, 0.2) is 24.3 Å². The molecule has 2 atom stereocenters. The van der Waals surface area contributed by atoms with Crippen LogP contribution >= 0.6 is 12.4 Å². The number of rotatable bonds is 6. The molecule has 5 heteroatoms. The lowest BCUT2D eigenvalue weighted by atomic mass is 9.75. The van der Waals surface area contributed by atoms with E-state index in [1.54, 1.807) is 0 Å². The number of ether oxygens (including phenoxy) is 2. The maximum atomic E-state index is 11.8. The quantitative estimate of drug-likeness (QED) is 0.515. The van der Waals surface area contributed by atoms with Gasteiger partial charge in [-0.3, -0.25) is 0 Å². The monoisotopic (exact) mass is 369 g/mol. The lowest BCUT2D eigenvalue weighted by Gasteiger charge is -2.34. The number of carbonyl (C=O) groups is 1. The molecule has 1 aromatic carbocycles. The molecule has 1 aliphatic carbocycles. The third-order valence-corrected chi connectivity index (χ3v) is 4.53. The molecule has 0 aromatic heterocycles. The van der Waals surface area contributed by atoms with Crippen molar-refractivity contribution in [2.75, 3.05) is 27.2 Å². The number of benzene rings is 1. The molecule has 25 heavy (non-hydrogen) atoms. The molecule has 1 aliphatic rings. The van der Waals surface area contributed by atoms with Crippen molar-refractivity contribution in [3.63, 3.8) is 0 Å². The Balaban J connectivity index is 0.00000312. The molecule has 1 saturated carbocycles. The predicted octanol–water partition coefficient (Wildman–Crippen LogP) is 5.12. The second-order valence-corrected chi connectivity index (χ2v) is 7.54. The van der Waals surface area contributed by atoms with Gasteiger partial charge in [0.15, 0.2) is 0 Å². The van der Waals surface area contributed by atoms with E-state index in [1.807, 2.05) is 32.0 Å². The Kier molecular flexibility index (Phi) is 9.30. The second-order valence-electron chi connectivity index (χ2n) is 7.54. The smallest absolute Gasteiger partial charge is 0.434 e. The summed E-state index contributed by atoms with van der Waals surface area (Å²) in [7, 11) is 4.27. The average Bonchev–Trinajstić information content (AvgIpc) is 2.53. The molecule has 0 bridgehead atoms. The Hall–Kier alpha value is -1.26. The minimum absolute atomic E-state index is 0. The van der Waals surface area contributed by atoms with Gasteiger partial charge in [-0.15, -0.1) is 12.4 Å². The van der Waals surface area contributed by atoms with Gasteiger partial charge in [-0.05, 0) is 62.4 Å². The maximum Gasteiger partial charge on any atom is 0.513 e. The van der Waals surface area contributed by atoms with Gasteiger partial charge >= 0.3 is 6.16 Å². The summed E-state index contributed by atoms with van der Waals surface area (Å²) in [5.74, 6) is 2.08. The van der Waals surface area contributed by atoms with E-state index in [0.29, 0.717) is 30.1 Å². The van der Waals surface area contributed by atoms with E-state index >= 15 is 0 Å². The molecule has 0 N–H and O–H groups in total. The Morgan fingerprint density at radius 2 is 1.96 bits per heavy atom. The fourth-order valence-corrected chi connectivity index (χ4v) is 3.50. The molecule has 0 radical (unpaired) electrons. The summed E-state index contributed by atoms with van der Waals surface area (Å²) in [4.78, 5) is 14.0. The lowest BCUT2D eigenvalue weighted by molar-refractivity contribution is 0.0885. The van der Waals surface area contributed by atoms with Crippen LogP contribution in [0.2, 0.25) is 0 Å². The Morgan fingerprint density at radius 3 is 2.64 bits per heavy atom. The summed E-state index contributed by atoms with van der Waals surface area (Å²) in [6, 6.07) is 7.96. The fourth-order valence-electron chi connectivity index (χ4n) is 3.50. The summed E-state index contributed by atoms with van der Waals surface area (Å²) < 4.78 is 10.4. The van der Waals surface area contributed by atoms with Gasteiger partial charge < -0.3 is 14.4 Å². The topological polar surface area (TPSA) is 38.8 Å². The zero-order valence-electron chi connectivity index (χ0n) is 15.9. The van der Waals surface area contributed by atoms with E-state index in [0.717, 1.165) is 6.54 Å². The molecule has 1 fully saturated rings. The summed E-state index contributed by atoms with van der Waals surface area (Å²) in [5, 5.41) is 0. The molecule has 4 nitrogen and oxygen atoms in total. The van der Waals surface area contributed by atoms with Crippen molar-refractivity contribution in [1.29, 1.82) is 0 Å². The third-order valence-electron chi connectivity index (χ3n) is 4.53. The first-order valence-corrected chi connectivity index (χ1v) is 9.05. The van der Waals surface area contributed by atoms with Gasteiger partial charge in [0.1, 0.15) is 5.75 Å². The Bertz CT molecular complexity index is 533. The Labute approximate surface area is 158 Å². The van der Waals surface area contributed by atoms with Crippen molar-refractivity contribution in [3.8, 4) is 5.75 Å². The van der Waals surface area contributed by atoms with Crippen LogP contribution in [-0.4, -0.2) is 38.3 Å². The van der Waals surface area contributed by atoms with Crippen molar-refractivity contribution < 1.29 is 14.3 Å². The summed E-state index contributed by atoms with van der Waals surface area (Å²) >= 11 is 0. The van der Waals surface area contributed by atoms with E-state index < -0.39 is 6.16 Å². The minimum Gasteiger partial charge on any atom is -0.434 e. The number of halogens is 1. The van der Waals surface area contributed by atoms with Crippen LogP contribution in [0.4, 0.5) is 4.79 Å². The SMILES string of the molecule is CC(C)COC(=O)Oc1cccc([C@@H]2CCCC[C@@H]2CN(C)C)c1.Cl. The van der Waals surface area contributed by atoms with Crippen LogP contribution in [0.3, 0.4) is 0 Å². The summed E-state index contributed by atoms with van der Waals surface area (Å²) in [6.45, 7) is 5.49. The van der Waals surface area contributed by atoms with Crippen LogP contribution in [0.1, 0.15) is 51.0 Å². The van der Waals surface area contributed by atoms with Gasteiger partial charge in [0.25, 0.3) is 0 Å². The Morgan fingerprint density at radius 1 is 1.24 bits per heavy atom. The number of hydrogen-bond donors (Lipinski definition) is 0. The number of carbonyl (C=O) groups excluding carboxylic acids is 1. The van der Waals surface area contributed by atoms with E-state index in [1.165, 1.54) is 31.2 Å². The highest BCUT2D eigenvalue weighted by Crippen LogP contribution is 2.39. The van der Waals surface area contributed by atoms with Crippen LogP contribution in [0, 0.1) is 11.8 Å². The molecule has 0 aliphatic heterocycles. The fraction of sp³-hybridized carbons (Fsp3) is 0.650. The van der Waals surface area contributed by atoms with Gasteiger partial charge in [-0.25, -0.2) is 4.79 Å². The molecule has 142 valence electrons. The zero-order valence-corrected chi connectivity index (χ0v) is 16.7. The molecule has 2 rings (SSSR count). The first-order valence-electron chi connectivity index (χ1n) is 9.05. The van der Waals surface area contributed by atoms with Crippen LogP contribution in [-0.2, 0) is 4.74 Å². The largest absolute Gasteiger partial charge is 0.513 e. The zero-order chi connectivity index (χ0) is 17.5. The molecule has 0 saturated heterocycles. The van der Waals surface area contributed by atoms with E-state index in [2.05, 4.69) is 25.1 Å². The number of nitrogens with zero attached hydrogens (tertiary/aromatic N) is 1. The van der Waals surface area contributed by atoms with Gasteiger partial charge in [0.2, 0.25) is 0 Å². The van der Waals surface area contributed by atoms with E-state index in [9.17, 15) is 4.79 Å². The highest BCUT2D eigenvalue weighted by atomic mass is 35.5. The highest BCUT2D eigenvalue weighted by Gasteiger charge is 2.27. The first-order chi connectivity index (χ1) is 11.5. The van der Waals surface area contributed by atoms with Crippen LogP contribution in [0.5, 0.6) is 5.75 Å². The molecule has 0 amide bonds. The molecule has 0 spiro atoms. The van der Waals surface area contributed by atoms with Crippen molar-refractivity contribution in [2.45, 2.75) is 45.4 Å². The van der Waals surface area contributed by atoms with Gasteiger partial charge in [0, 0.05) is 6.54 Å². The van der Waals surface area contributed by atoms with E-state index in [-0.39, 0.29) is 12.4 Å². The summed E-state index contributed by atoms with van der Waals surface area (Å²) in [5.41, 5.74) is 1.27. The summed E-state index contributed by atoms with van der Waals surface area (Å²) in [6.07, 6.45) is 4.45. The minimum atomic E-state index is -0.616. The number of hydrogen-bond acceptors (Lipinski definition) is 4. The van der Waals surface area contributed by atoms with Crippen LogP contribution in [0.25, 0.3) is 0 Å². The highest BCUT2D eigenvalue weighted by molar-refractivity contribution is 5.85. The lowest BCUT2D eigenvalue weighted by Crippen LogP contribution is -2.29. The maximum absolute atomic E-state index is 11.8. The van der Waals surface area contributed by atoms with Crippen molar-refractivity contribution in [3.05, 3.63) is 29.8 Å². The van der Waals surface area contributed by atoms with Crippen molar-refractivity contribution in [2.24, 2.45) is 11.8 Å². The van der Waals surface area contributed by atoms with Gasteiger partial charge in [-0.1, -0.05) is 38.8 Å². The van der Waals surface area contributed by atoms with Gasteiger partial charge in [-0.2, -0.15) is 0 Å².